The van der Waals surface area contributed by atoms with Gasteiger partial charge in [0.05, 0.1) is 21.6 Å². The first kappa shape index (κ1) is 23.1. The maximum Gasteiger partial charge on any atom is 0.274 e. The number of nitro benzene ring substituents is 2. The number of nitro groups is 2. The molecule has 0 aromatic heterocycles. The number of rotatable bonds is 5. The molecular weight excluding hydrogens is 460 g/mol. The second-order valence-corrected chi connectivity index (χ2v) is 8.82. The summed E-state index contributed by atoms with van der Waals surface area (Å²) in [5, 5.41) is 28.9. The van der Waals surface area contributed by atoms with Crippen LogP contribution in [0, 0.1) is 26.1 Å². The molecule has 1 amide bonds. The molecule has 2 atom stereocenters. The number of benzene rings is 3. The van der Waals surface area contributed by atoms with Crippen molar-refractivity contribution in [3.63, 3.8) is 0 Å². The van der Waals surface area contributed by atoms with E-state index in [-0.39, 0.29) is 23.2 Å². The molecular formula is C27H22N4O5. The summed E-state index contributed by atoms with van der Waals surface area (Å²) in [6.45, 7) is 0. The highest BCUT2D eigenvalue weighted by Crippen LogP contribution is 2.45. The van der Waals surface area contributed by atoms with Crippen molar-refractivity contribution in [3.05, 3.63) is 121 Å². The average molecular weight is 482 g/mol. The van der Waals surface area contributed by atoms with E-state index in [1.165, 1.54) is 29.3 Å². The van der Waals surface area contributed by atoms with Crippen molar-refractivity contribution in [1.82, 2.24) is 5.01 Å². The largest absolute Gasteiger partial charge is 0.274 e. The number of carbonyl (C=O) groups excluding carboxylic acids is 1. The van der Waals surface area contributed by atoms with Gasteiger partial charge in [0, 0.05) is 35.7 Å². The first-order chi connectivity index (χ1) is 17.4. The number of hydrogen-bond donors (Lipinski definition) is 0. The molecule has 9 heteroatoms. The fourth-order valence-corrected chi connectivity index (χ4v) is 4.97. The van der Waals surface area contributed by atoms with Crippen LogP contribution >= 0.6 is 0 Å². The highest BCUT2D eigenvalue weighted by Gasteiger charge is 2.44. The Morgan fingerprint density at radius 1 is 0.917 bits per heavy atom. The van der Waals surface area contributed by atoms with E-state index in [1.807, 2.05) is 12.1 Å². The Kier molecular flexibility index (Phi) is 6.12. The van der Waals surface area contributed by atoms with Gasteiger partial charge in [-0.15, -0.1) is 0 Å². The van der Waals surface area contributed by atoms with Crippen LogP contribution in [0.2, 0.25) is 0 Å². The minimum atomic E-state index is -0.499. The molecule has 1 aliphatic heterocycles. The van der Waals surface area contributed by atoms with E-state index in [9.17, 15) is 25.0 Å². The van der Waals surface area contributed by atoms with Gasteiger partial charge in [-0.3, -0.25) is 25.0 Å². The van der Waals surface area contributed by atoms with Crippen LogP contribution in [0.25, 0.3) is 6.08 Å². The van der Waals surface area contributed by atoms with Crippen LogP contribution in [-0.4, -0.2) is 26.5 Å². The Balaban J connectivity index is 1.59. The monoisotopic (exact) mass is 482 g/mol. The molecule has 1 saturated carbocycles. The molecule has 1 fully saturated rings. The molecule has 0 N–H and O–H groups in total. The standard InChI is InChI=1S/C27H22N4O5/c32-27(19-8-2-1-3-9-19)29-26(21-11-5-13-23(17-21)31(35)36)24-14-6-10-20(25(24)28-29)15-18-7-4-12-22(16-18)30(33)34/h1-5,7-9,11-13,15-17,24,26H,6,10,14H2/b20-15+/t24-,26+/m1/s1. The van der Waals surface area contributed by atoms with Gasteiger partial charge < -0.3 is 0 Å². The molecule has 0 unspecified atom stereocenters. The summed E-state index contributed by atoms with van der Waals surface area (Å²) < 4.78 is 0. The molecule has 3 aromatic rings. The summed E-state index contributed by atoms with van der Waals surface area (Å²) in [6.07, 6.45) is 4.20. The van der Waals surface area contributed by atoms with E-state index in [1.54, 1.807) is 48.5 Å². The number of allylic oxidation sites excluding steroid dienone is 1. The van der Waals surface area contributed by atoms with Crippen molar-refractivity contribution in [2.75, 3.05) is 0 Å². The number of carbonyl (C=O) groups is 1. The fraction of sp³-hybridized carbons (Fsp3) is 0.185. The maximum absolute atomic E-state index is 13.6. The first-order valence-electron chi connectivity index (χ1n) is 11.6. The fourth-order valence-electron chi connectivity index (χ4n) is 4.97. The van der Waals surface area contributed by atoms with Gasteiger partial charge in [0.1, 0.15) is 0 Å². The maximum atomic E-state index is 13.6. The topological polar surface area (TPSA) is 119 Å². The lowest BCUT2D eigenvalue weighted by Crippen LogP contribution is -2.32. The number of nitrogens with zero attached hydrogens (tertiary/aromatic N) is 4. The van der Waals surface area contributed by atoms with Crippen molar-refractivity contribution >= 4 is 29.1 Å². The van der Waals surface area contributed by atoms with Gasteiger partial charge in [0.2, 0.25) is 0 Å². The Bertz CT molecular complexity index is 1420. The third-order valence-electron chi connectivity index (χ3n) is 6.57. The summed E-state index contributed by atoms with van der Waals surface area (Å²) in [6, 6.07) is 21.1. The number of fused-ring (bicyclic) bond motifs is 1. The summed E-state index contributed by atoms with van der Waals surface area (Å²) in [5.41, 5.74) is 3.41. The van der Waals surface area contributed by atoms with Crippen molar-refractivity contribution in [1.29, 1.82) is 0 Å². The SMILES string of the molecule is O=C(c1ccccc1)N1N=C2/C(=C/c3cccc([N+](=O)[O-])c3)CCC[C@H]2[C@@H]1c1cccc([N+](=O)[O-])c1. The number of hydrazone groups is 1. The van der Waals surface area contributed by atoms with E-state index < -0.39 is 15.9 Å². The Hall–Kier alpha value is -4.66. The van der Waals surface area contributed by atoms with Gasteiger partial charge in [-0.05, 0) is 54.2 Å². The minimum Gasteiger partial charge on any atom is -0.267 e. The molecule has 0 bridgehead atoms. The molecule has 1 aliphatic carbocycles. The van der Waals surface area contributed by atoms with Crippen LogP contribution in [-0.2, 0) is 0 Å². The molecule has 180 valence electrons. The van der Waals surface area contributed by atoms with Gasteiger partial charge in [-0.2, -0.15) is 5.10 Å². The second-order valence-electron chi connectivity index (χ2n) is 8.82. The van der Waals surface area contributed by atoms with Crippen LogP contribution in [0.4, 0.5) is 11.4 Å². The zero-order chi connectivity index (χ0) is 25.2. The molecule has 2 aliphatic rings. The average Bonchev–Trinajstić information content (AvgIpc) is 3.29. The highest BCUT2D eigenvalue weighted by molar-refractivity contribution is 6.09. The molecule has 0 saturated heterocycles. The Morgan fingerprint density at radius 2 is 1.61 bits per heavy atom. The predicted molar refractivity (Wildman–Crippen MR) is 134 cm³/mol. The Morgan fingerprint density at radius 3 is 2.33 bits per heavy atom. The van der Waals surface area contributed by atoms with Crippen molar-refractivity contribution in [2.24, 2.45) is 11.0 Å². The normalized spacial score (nSPS) is 20.1. The van der Waals surface area contributed by atoms with Gasteiger partial charge >= 0.3 is 0 Å². The lowest BCUT2D eigenvalue weighted by Gasteiger charge is -2.29. The van der Waals surface area contributed by atoms with Gasteiger partial charge in [0.25, 0.3) is 17.3 Å². The van der Waals surface area contributed by atoms with Crippen LogP contribution in [0.15, 0.2) is 89.5 Å². The second kappa shape index (κ2) is 9.53. The minimum absolute atomic E-state index is 0.000392. The zero-order valence-corrected chi connectivity index (χ0v) is 19.2. The van der Waals surface area contributed by atoms with E-state index >= 15 is 0 Å². The van der Waals surface area contributed by atoms with Crippen molar-refractivity contribution in [2.45, 2.75) is 25.3 Å². The van der Waals surface area contributed by atoms with Crippen molar-refractivity contribution in [3.8, 4) is 0 Å². The van der Waals surface area contributed by atoms with Gasteiger partial charge in [-0.1, -0.05) is 42.5 Å². The molecule has 36 heavy (non-hydrogen) atoms. The Labute approximate surface area is 206 Å². The third-order valence-corrected chi connectivity index (χ3v) is 6.57. The number of hydrogen-bond acceptors (Lipinski definition) is 6. The number of non-ortho nitro benzene ring substituents is 2. The molecule has 0 spiro atoms. The predicted octanol–water partition coefficient (Wildman–Crippen LogP) is 5.94. The van der Waals surface area contributed by atoms with Crippen molar-refractivity contribution < 1.29 is 14.6 Å². The van der Waals surface area contributed by atoms with Gasteiger partial charge in [0.15, 0.2) is 0 Å². The molecule has 0 radical (unpaired) electrons. The van der Waals surface area contributed by atoms with Crippen LogP contribution in [0.3, 0.4) is 0 Å². The lowest BCUT2D eigenvalue weighted by atomic mass is 9.77. The molecule has 1 heterocycles. The van der Waals surface area contributed by atoms with E-state index in [4.69, 9.17) is 5.10 Å². The summed E-state index contributed by atoms with van der Waals surface area (Å²) >= 11 is 0. The van der Waals surface area contributed by atoms with Gasteiger partial charge in [-0.25, -0.2) is 5.01 Å². The van der Waals surface area contributed by atoms with E-state index in [0.717, 1.165) is 24.1 Å². The smallest absolute Gasteiger partial charge is 0.267 e. The molecule has 9 nitrogen and oxygen atoms in total. The van der Waals surface area contributed by atoms with Crippen LogP contribution < -0.4 is 0 Å². The van der Waals surface area contributed by atoms with E-state index in [2.05, 4.69) is 0 Å². The third kappa shape index (κ3) is 4.38. The van der Waals surface area contributed by atoms with Crippen LogP contribution in [0.5, 0.6) is 0 Å². The summed E-state index contributed by atoms with van der Waals surface area (Å²) in [7, 11) is 0. The summed E-state index contributed by atoms with van der Waals surface area (Å²) in [5.74, 6) is -0.443. The molecule has 5 rings (SSSR count). The van der Waals surface area contributed by atoms with Crippen LogP contribution in [0.1, 0.15) is 46.8 Å². The van der Waals surface area contributed by atoms with E-state index in [0.29, 0.717) is 23.1 Å². The lowest BCUT2D eigenvalue weighted by molar-refractivity contribution is -0.385. The number of amides is 1. The zero-order valence-electron chi connectivity index (χ0n) is 19.2. The summed E-state index contributed by atoms with van der Waals surface area (Å²) in [4.78, 5) is 35.4. The first-order valence-corrected chi connectivity index (χ1v) is 11.6. The quantitative estimate of drug-likeness (QED) is 0.329. The highest BCUT2D eigenvalue weighted by atomic mass is 16.6. The molecule has 3 aromatic carbocycles.